The minimum Gasteiger partial charge on any atom is -0.199 e. The molecule has 0 saturated heterocycles. The summed E-state index contributed by atoms with van der Waals surface area (Å²) in [5.74, 6) is 3.00. The molecule has 17 heavy (non-hydrogen) atoms. The van der Waals surface area contributed by atoms with Gasteiger partial charge in [0.1, 0.15) is 17.3 Å². The van der Waals surface area contributed by atoms with Crippen LogP contribution in [0.3, 0.4) is 0 Å². The quantitative estimate of drug-likeness (QED) is 0.463. The van der Waals surface area contributed by atoms with Crippen molar-refractivity contribution in [2.45, 2.75) is 26.7 Å². The number of unbranched alkanes of at least 4 members (excludes halogenated alkanes) is 1. The van der Waals surface area contributed by atoms with E-state index in [1.165, 1.54) is 0 Å². The van der Waals surface area contributed by atoms with Crippen LogP contribution in [0, 0.1) is 0 Å². The zero-order valence-corrected chi connectivity index (χ0v) is 13.0. The van der Waals surface area contributed by atoms with Crippen LogP contribution < -0.4 is 0 Å². The molecule has 0 N–H and O–H groups in total. The lowest BCUT2D eigenvalue weighted by Gasteiger charge is -2.04. The third kappa shape index (κ3) is 9.87. The topological polar surface area (TPSA) is 77.5 Å². The Labute approximate surface area is 108 Å². The largest absolute Gasteiger partial charge is 0.281 e. The van der Waals surface area contributed by atoms with Crippen molar-refractivity contribution >= 4 is 31.1 Å². The van der Waals surface area contributed by atoms with E-state index in [-0.39, 0.29) is 5.75 Å². The number of hydrogen-bond acceptors (Lipinski definition) is 5. The molecule has 0 aromatic rings. The van der Waals surface area contributed by atoms with Crippen LogP contribution in [0.4, 0.5) is 0 Å². The van der Waals surface area contributed by atoms with Gasteiger partial charge in [0, 0.05) is 0 Å². The molecule has 5 nitrogen and oxygen atoms in total. The van der Waals surface area contributed by atoms with Crippen LogP contribution in [-0.2, 0) is 34.8 Å². The lowest BCUT2D eigenvalue weighted by molar-refractivity contribution is 0.465. The molecule has 0 aliphatic heterocycles. The number of hydrogen-bond donors (Lipinski definition) is 0. The molecular weight excluding hydrogens is 284 g/mol. The standard InChI is InChI=1S/C9H21O5S3/c1-4-15(5-2)8-6-7-9-17(12,13)14-16(3,10)11/h4-9H2,1-3H3/q+1. The second-order valence-electron chi connectivity index (χ2n) is 3.63. The summed E-state index contributed by atoms with van der Waals surface area (Å²) >= 11 is 0. The summed E-state index contributed by atoms with van der Waals surface area (Å²) in [6.07, 6.45) is 1.97. The van der Waals surface area contributed by atoms with Gasteiger partial charge < -0.3 is 0 Å². The summed E-state index contributed by atoms with van der Waals surface area (Å²) < 4.78 is 47.9. The van der Waals surface area contributed by atoms with Gasteiger partial charge in [-0.15, -0.1) is 3.63 Å². The SMILES string of the molecule is CC[S+](CC)CCCCS(=O)(=O)OS(C)(=O)=O. The van der Waals surface area contributed by atoms with Crippen molar-refractivity contribution in [1.29, 1.82) is 0 Å². The fraction of sp³-hybridized carbons (Fsp3) is 1.00. The van der Waals surface area contributed by atoms with E-state index < -0.39 is 20.2 Å². The Morgan fingerprint density at radius 3 is 1.94 bits per heavy atom. The third-order valence-electron chi connectivity index (χ3n) is 2.12. The van der Waals surface area contributed by atoms with Crippen molar-refractivity contribution < 1.29 is 20.5 Å². The molecule has 0 spiro atoms. The van der Waals surface area contributed by atoms with Crippen LogP contribution in [0.1, 0.15) is 26.7 Å². The Hall–Kier alpha value is 0.210. The summed E-state index contributed by atoms with van der Waals surface area (Å²) in [7, 11) is -7.51. The summed E-state index contributed by atoms with van der Waals surface area (Å²) in [4.78, 5) is 0. The normalized spacial score (nSPS) is 13.2. The number of rotatable bonds is 9. The third-order valence-corrected chi connectivity index (χ3v) is 7.23. The maximum Gasteiger partial charge on any atom is 0.281 e. The van der Waals surface area contributed by atoms with Crippen molar-refractivity contribution in [2.75, 3.05) is 29.3 Å². The Kier molecular flexibility index (Phi) is 7.70. The highest BCUT2D eigenvalue weighted by molar-refractivity contribution is 7.99. The molecule has 104 valence electrons. The van der Waals surface area contributed by atoms with Crippen molar-refractivity contribution in [3.8, 4) is 0 Å². The fourth-order valence-electron chi connectivity index (χ4n) is 1.30. The smallest absolute Gasteiger partial charge is 0.199 e. The Morgan fingerprint density at radius 2 is 1.53 bits per heavy atom. The van der Waals surface area contributed by atoms with Gasteiger partial charge in [-0.1, -0.05) is 0 Å². The van der Waals surface area contributed by atoms with Gasteiger partial charge in [-0.25, -0.2) is 0 Å². The van der Waals surface area contributed by atoms with E-state index in [1.54, 1.807) is 0 Å². The van der Waals surface area contributed by atoms with Gasteiger partial charge in [0.05, 0.1) is 12.0 Å². The molecule has 0 aliphatic carbocycles. The van der Waals surface area contributed by atoms with Crippen molar-refractivity contribution in [2.24, 2.45) is 0 Å². The van der Waals surface area contributed by atoms with E-state index in [9.17, 15) is 16.8 Å². The second-order valence-corrected chi connectivity index (χ2v) is 9.90. The molecule has 0 fully saturated rings. The van der Waals surface area contributed by atoms with Crippen LogP contribution in [0.2, 0.25) is 0 Å². The molecule has 0 aliphatic rings. The van der Waals surface area contributed by atoms with Crippen LogP contribution in [-0.4, -0.2) is 46.1 Å². The van der Waals surface area contributed by atoms with Gasteiger partial charge in [0.25, 0.3) is 20.2 Å². The highest BCUT2D eigenvalue weighted by atomic mass is 32.3. The Bertz CT molecular complexity index is 394. The first-order chi connectivity index (χ1) is 7.70. The highest BCUT2D eigenvalue weighted by Crippen LogP contribution is 2.06. The van der Waals surface area contributed by atoms with Gasteiger partial charge in [0.15, 0.2) is 0 Å². The predicted octanol–water partition coefficient (Wildman–Crippen LogP) is 0.731. The molecule has 0 amide bonds. The predicted molar refractivity (Wildman–Crippen MR) is 72.3 cm³/mol. The van der Waals surface area contributed by atoms with Gasteiger partial charge in [-0.2, -0.15) is 16.8 Å². The lowest BCUT2D eigenvalue weighted by Crippen LogP contribution is -2.17. The average molecular weight is 305 g/mol. The van der Waals surface area contributed by atoms with Crippen LogP contribution in [0.25, 0.3) is 0 Å². The van der Waals surface area contributed by atoms with Gasteiger partial charge in [-0.05, 0) is 37.6 Å². The van der Waals surface area contributed by atoms with Gasteiger partial charge >= 0.3 is 0 Å². The molecule has 0 saturated carbocycles. The molecule has 0 rings (SSSR count). The van der Waals surface area contributed by atoms with E-state index in [0.717, 1.165) is 29.9 Å². The highest BCUT2D eigenvalue weighted by Gasteiger charge is 2.19. The second kappa shape index (κ2) is 7.60. The molecule has 0 aromatic carbocycles. The van der Waals surface area contributed by atoms with Crippen LogP contribution in [0.15, 0.2) is 0 Å². The summed E-state index contributed by atoms with van der Waals surface area (Å²) in [5.41, 5.74) is 0. The van der Waals surface area contributed by atoms with Crippen molar-refractivity contribution in [3.05, 3.63) is 0 Å². The average Bonchev–Trinajstić information content (AvgIpc) is 2.14. The maximum atomic E-state index is 11.2. The zero-order valence-electron chi connectivity index (χ0n) is 10.5. The summed E-state index contributed by atoms with van der Waals surface area (Å²) in [5, 5.41) is 0. The van der Waals surface area contributed by atoms with Gasteiger partial charge in [-0.3, -0.25) is 0 Å². The van der Waals surface area contributed by atoms with E-state index in [2.05, 4.69) is 17.5 Å². The zero-order chi connectivity index (χ0) is 13.5. The van der Waals surface area contributed by atoms with E-state index in [1.807, 2.05) is 0 Å². The monoisotopic (exact) mass is 305 g/mol. The first-order valence-corrected chi connectivity index (χ1v) is 10.6. The minimum atomic E-state index is -3.94. The van der Waals surface area contributed by atoms with E-state index in [0.29, 0.717) is 17.3 Å². The summed E-state index contributed by atoms with van der Waals surface area (Å²) in [6, 6.07) is 0. The van der Waals surface area contributed by atoms with E-state index in [4.69, 9.17) is 0 Å². The van der Waals surface area contributed by atoms with Crippen molar-refractivity contribution in [3.63, 3.8) is 0 Å². The molecule has 0 atom stereocenters. The molecule has 0 unspecified atom stereocenters. The fourth-order valence-corrected chi connectivity index (χ4v) is 5.23. The maximum absolute atomic E-state index is 11.2. The first kappa shape index (κ1) is 17.2. The summed E-state index contributed by atoms with van der Waals surface area (Å²) in [6.45, 7) is 4.24. The van der Waals surface area contributed by atoms with Crippen LogP contribution >= 0.6 is 0 Å². The lowest BCUT2D eigenvalue weighted by atomic mass is 10.4. The first-order valence-electron chi connectivity index (χ1n) is 5.48. The molecule has 0 radical (unpaired) electrons. The minimum absolute atomic E-state index is 0.231. The van der Waals surface area contributed by atoms with Gasteiger partial charge in [0.2, 0.25) is 0 Å². The molecule has 8 heteroatoms. The molecule has 0 aromatic heterocycles. The Morgan fingerprint density at radius 1 is 1.00 bits per heavy atom. The molecule has 0 bridgehead atoms. The van der Waals surface area contributed by atoms with Crippen molar-refractivity contribution in [1.82, 2.24) is 0 Å². The Balaban J connectivity index is 3.97. The molecule has 0 heterocycles. The molecular formula is C9H21O5S3+. The van der Waals surface area contributed by atoms with E-state index >= 15 is 0 Å². The van der Waals surface area contributed by atoms with Crippen LogP contribution in [0.5, 0.6) is 0 Å².